The van der Waals surface area contributed by atoms with Crippen molar-refractivity contribution in [2.45, 2.75) is 6.54 Å². The van der Waals surface area contributed by atoms with E-state index in [0.29, 0.717) is 22.7 Å². The Labute approximate surface area is 245 Å². The number of nitrogens with zero attached hydrogens (tertiary/aromatic N) is 4. The maximum atomic E-state index is 12.9. The smallest absolute Gasteiger partial charge is 0.262 e. The molecule has 0 unspecified atom stereocenters. The number of pyridine rings is 1. The number of fused-ring (bicyclic) bond motifs is 1. The van der Waals surface area contributed by atoms with Gasteiger partial charge in [-0.2, -0.15) is 5.26 Å². The molecule has 1 aliphatic heterocycles. The molecule has 4 aromatic rings. The van der Waals surface area contributed by atoms with Crippen LogP contribution in [-0.2, 0) is 11.3 Å². The molecule has 10 heteroatoms. The number of hydrogen-bond acceptors (Lipinski definition) is 8. The molecule has 1 aliphatic rings. The van der Waals surface area contributed by atoms with Crippen LogP contribution in [0.15, 0.2) is 60.4 Å². The van der Waals surface area contributed by atoms with Crippen molar-refractivity contribution in [3.8, 4) is 34.4 Å². The number of hydrogen-bond donors (Lipinski definition) is 2. The normalized spacial score (nSPS) is 14.0. The second-order valence-electron chi connectivity index (χ2n) is 10.1. The number of amides is 1. The fraction of sp³-hybridized carbons (Fsp3) is 0.281. The summed E-state index contributed by atoms with van der Waals surface area (Å²) in [6, 6.07) is 15.6. The summed E-state index contributed by atoms with van der Waals surface area (Å²) in [5, 5.41) is 13.4. The number of benzene rings is 2. The van der Waals surface area contributed by atoms with Gasteiger partial charge in [0, 0.05) is 78.9 Å². The zero-order chi connectivity index (χ0) is 29.6. The van der Waals surface area contributed by atoms with E-state index in [0.717, 1.165) is 59.7 Å². The number of aromatic nitrogens is 2. The molecule has 216 valence electrons. The number of nitrogens with one attached hydrogen (secondary N) is 2. The van der Waals surface area contributed by atoms with Gasteiger partial charge in [-0.3, -0.25) is 4.79 Å². The third-order valence-electron chi connectivity index (χ3n) is 7.49. The van der Waals surface area contributed by atoms with E-state index < -0.39 is 5.91 Å². The molecule has 1 fully saturated rings. The van der Waals surface area contributed by atoms with Crippen LogP contribution in [0.3, 0.4) is 0 Å². The Kier molecular flexibility index (Phi) is 8.60. The molecule has 2 aromatic carbocycles. The minimum absolute atomic E-state index is 0.0177. The van der Waals surface area contributed by atoms with Gasteiger partial charge >= 0.3 is 0 Å². The molecule has 2 N–H and O–H groups in total. The van der Waals surface area contributed by atoms with Crippen LogP contribution in [0.2, 0.25) is 0 Å². The molecule has 0 radical (unpaired) electrons. The number of ether oxygens (including phenoxy) is 3. The maximum Gasteiger partial charge on any atom is 0.262 e. The third-order valence-corrected chi connectivity index (χ3v) is 7.49. The predicted octanol–water partition coefficient (Wildman–Crippen LogP) is 4.23. The highest BCUT2D eigenvalue weighted by molar-refractivity contribution is 6.04. The quantitative estimate of drug-likeness (QED) is 0.229. The second kappa shape index (κ2) is 12.7. The molecule has 0 aliphatic carbocycles. The van der Waals surface area contributed by atoms with Gasteiger partial charge in [-0.15, -0.1) is 0 Å². The Morgan fingerprint density at radius 1 is 1.02 bits per heavy atom. The van der Waals surface area contributed by atoms with Crippen molar-refractivity contribution in [1.82, 2.24) is 20.2 Å². The number of carbonyl (C=O) groups is 1. The fourth-order valence-corrected chi connectivity index (χ4v) is 5.04. The number of H-pyrrole nitrogens is 1. The molecule has 0 saturated carbocycles. The van der Waals surface area contributed by atoms with E-state index in [1.165, 1.54) is 0 Å². The summed E-state index contributed by atoms with van der Waals surface area (Å²) >= 11 is 0. The summed E-state index contributed by atoms with van der Waals surface area (Å²) in [6.07, 6.45) is 5.11. The van der Waals surface area contributed by atoms with Gasteiger partial charge in [-0.1, -0.05) is 6.07 Å². The number of nitriles is 1. The highest BCUT2D eigenvalue weighted by Gasteiger charge is 2.18. The van der Waals surface area contributed by atoms with Gasteiger partial charge in [-0.25, -0.2) is 4.98 Å². The van der Waals surface area contributed by atoms with E-state index in [4.69, 9.17) is 14.2 Å². The standard InChI is InChI=1S/C32H34N6O4/c1-37-9-11-38(12-10-37)25-6-7-26(29(16-25)41-3)24-15-27-23(19-34-31(27)35-20-24)14-22(17-33)32(39)36-18-21-5-8-28(40-2)30(13-21)42-4/h5-8,13-16,19-20H,9-12,18H2,1-4H3,(H,34,35)(H,36,39)/b22-14+. The monoisotopic (exact) mass is 566 g/mol. The van der Waals surface area contributed by atoms with Gasteiger partial charge in [0.1, 0.15) is 23.0 Å². The highest BCUT2D eigenvalue weighted by atomic mass is 16.5. The Bertz CT molecular complexity index is 1660. The summed E-state index contributed by atoms with van der Waals surface area (Å²) in [4.78, 5) is 25.4. The molecule has 1 amide bonds. The van der Waals surface area contributed by atoms with Crippen LogP contribution >= 0.6 is 0 Å². The van der Waals surface area contributed by atoms with Gasteiger partial charge in [0.05, 0.1) is 21.3 Å². The van der Waals surface area contributed by atoms with E-state index in [9.17, 15) is 10.1 Å². The molecular weight excluding hydrogens is 532 g/mol. The Hall–Kier alpha value is -5.01. The summed E-state index contributed by atoms with van der Waals surface area (Å²) in [6.45, 7) is 4.20. The summed E-state index contributed by atoms with van der Waals surface area (Å²) < 4.78 is 16.4. The molecule has 1 saturated heterocycles. The Balaban J connectivity index is 1.37. The van der Waals surface area contributed by atoms with Crippen molar-refractivity contribution >= 4 is 28.7 Å². The Morgan fingerprint density at radius 3 is 2.50 bits per heavy atom. The van der Waals surface area contributed by atoms with Crippen molar-refractivity contribution in [2.24, 2.45) is 0 Å². The molecule has 10 nitrogen and oxygen atoms in total. The first-order chi connectivity index (χ1) is 20.4. The summed E-state index contributed by atoms with van der Waals surface area (Å²) in [5.74, 6) is 1.44. The van der Waals surface area contributed by atoms with Crippen LogP contribution in [0.4, 0.5) is 5.69 Å². The fourth-order valence-electron chi connectivity index (χ4n) is 5.04. The lowest BCUT2D eigenvalue weighted by atomic mass is 10.0. The summed E-state index contributed by atoms with van der Waals surface area (Å²) in [7, 11) is 6.93. The number of carbonyl (C=O) groups excluding carboxylic acids is 1. The number of anilines is 1. The maximum absolute atomic E-state index is 12.9. The largest absolute Gasteiger partial charge is 0.496 e. The highest BCUT2D eigenvalue weighted by Crippen LogP contribution is 2.35. The van der Waals surface area contributed by atoms with Crippen molar-refractivity contribution in [3.05, 3.63) is 71.6 Å². The lowest BCUT2D eigenvalue weighted by Gasteiger charge is -2.34. The van der Waals surface area contributed by atoms with E-state index >= 15 is 0 Å². The van der Waals surface area contributed by atoms with Crippen LogP contribution in [-0.4, -0.2) is 75.3 Å². The number of aromatic amines is 1. The lowest BCUT2D eigenvalue weighted by molar-refractivity contribution is -0.117. The van der Waals surface area contributed by atoms with E-state index in [-0.39, 0.29) is 12.1 Å². The van der Waals surface area contributed by atoms with Crippen molar-refractivity contribution in [1.29, 1.82) is 5.26 Å². The van der Waals surface area contributed by atoms with Gasteiger partial charge < -0.3 is 34.3 Å². The first-order valence-electron chi connectivity index (χ1n) is 13.6. The number of methoxy groups -OCH3 is 3. The second-order valence-corrected chi connectivity index (χ2v) is 10.1. The van der Waals surface area contributed by atoms with Crippen LogP contribution in [0.5, 0.6) is 17.2 Å². The first-order valence-corrected chi connectivity index (χ1v) is 13.6. The zero-order valence-corrected chi connectivity index (χ0v) is 24.2. The predicted molar refractivity (Wildman–Crippen MR) is 163 cm³/mol. The molecule has 0 bridgehead atoms. The van der Waals surface area contributed by atoms with E-state index in [1.54, 1.807) is 51.9 Å². The Morgan fingerprint density at radius 2 is 1.79 bits per heavy atom. The molecule has 0 spiro atoms. The van der Waals surface area contributed by atoms with Crippen molar-refractivity contribution in [2.75, 3.05) is 59.5 Å². The average molecular weight is 567 g/mol. The third kappa shape index (κ3) is 6.01. The molecule has 2 aromatic heterocycles. The van der Waals surface area contributed by atoms with Crippen LogP contribution in [0.1, 0.15) is 11.1 Å². The van der Waals surface area contributed by atoms with E-state index in [1.807, 2.05) is 18.2 Å². The van der Waals surface area contributed by atoms with Gasteiger partial charge in [-0.05, 0) is 49.0 Å². The minimum atomic E-state index is -0.480. The minimum Gasteiger partial charge on any atom is -0.496 e. The molecule has 5 rings (SSSR count). The van der Waals surface area contributed by atoms with Crippen LogP contribution < -0.4 is 24.4 Å². The summed E-state index contributed by atoms with van der Waals surface area (Å²) in [5.41, 5.74) is 5.04. The van der Waals surface area contributed by atoms with Gasteiger partial charge in [0.2, 0.25) is 0 Å². The van der Waals surface area contributed by atoms with Crippen molar-refractivity contribution < 1.29 is 19.0 Å². The zero-order valence-electron chi connectivity index (χ0n) is 24.2. The van der Waals surface area contributed by atoms with Crippen molar-refractivity contribution in [3.63, 3.8) is 0 Å². The molecule has 3 heterocycles. The number of piperazine rings is 1. The molecular formula is C32H34N6O4. The van der Waals surface area contributed by atoms with Gasteiger partial charge in [0.25, 0.3) is 5.91 Å². The van der Waals surface area contributed by atoms with Crippen LogP contribution in [0, 0.1) is 11.3 Å². The van der Waals surface area contributed by atoms with Gasteiger partial charge in [0.15, 0.2) is 11.5 Å². The molecule has 42 heavy (non-hydrogen) atoms. The lowest BCUT2D eigenvalue weighted by Crippen LogP contribution is -2.44. The topological polar surface area (TPSA) is 116 Å². The number of rotatable bonds is 9. The average Bonchev–Trinajstić information content (AvgIpc) is 3.44. The SMILES string of the molecule is COc1ccc(CNC(=O)/C(C#N)=C/c2c[nH]c3ncc(-c4ccc(N5CCN(C)CC5)cc4OC)cc23)cc1OC. The number of likely N-dealkylation sites (N-methyl/N-ethyl adjacent to an activating group) is 1. The van der Waals surface area contributed by atoms with E-state index in [2.05, 4.69) is 50.3 Å². The molecule has 0 atom stereocenters. The van der Waals surface area contributed by atoms with Crippen LogP contribution in [0.25, 0.3) is 28.2 Å². The first kappa shape index (κ1) is 28.5.